The van der Waals surface area contributed by atoms with E-state index < -0.39 is 51.4 Å². The Labute approximate surface area is 147 Å². The molecule has 2 aromatic rings. The lowest BCUT2D eigenvalue weighted by molar-refractivity contribution is -0.144. The fraction of sp³-hybridized carbons (Fsp3) is 0.133. The van der Waals surface area contributed by atoms with Gasteiger partial charge in [0, 0.05) is 25.1 Å². The molecule has 11 heteroatoms. The minimum Gasteiger partial charge on any atom is -0.415 e. The molecule has 0 N–H and O–H groups in total. The Morgan fingerprint density at radius 3 is 2.42 bits per heavy atom. The average molecular weight is 391 g/mol. The molecule has 0 bridgehead atoms. The van der Waals surface area contributed by atoms with E-state index in [-0.39, 0.29) is 15.2 Å². The number of rotatable bonds is 2. The second-order valence-electron chi connectivity index (χ2n) is 4.81. The van der Waals surface area contributed by atoms with E-state index in [9.17, 15) is 31.9 Å². The van der Waals surface area contributed by atoms with Crippen molar-refractivity contribution >= 4 is 17.6 Å². The summed E-state index contributed by atoms with van der Waals surface area (Å²) in [5.74, 6) is -1.30. The molecule has 2 rings (SSSR count). The molecule has 0 unspecified atom stereocenters. The van der Waals surface area contributed by atoms with Gasteiger partial charge in [-0.25, -0.2) is 18.5 Å². The van der Waals surface area contributed by atoms with Crippen LogP contribution >= 0.6 is 11.6 Å². The summed E-state index contributed by atoms with van der Waals surface area (Å²) >= 11 is 5.68. The normalized spacial score (nSPS) is 11.1. The van der Waals surface area contributed by atoms with Gasteiger partial charge >= 0.3 is 17.8 Å². The molecule has 1 heterocycles. The van der Waals surface area contributed by atoms with Crippen LogP contribution in [-0.4, -0.2) is 15.1 Å². The Bertz CT molecular complexity index is 1060. The molecule has 0 aliphatic heterocycles. The number of hydrogen-bond acceptors (Lipinski definition) is 4. The number of aromatic nitrogens is 2. The Hall–Kier alpha value is -3.06. The van der Waals surface area contributed by atoms with Crippen molar-refractivity contribution in [3.05, 3.63) is 55.6 Å². The van der Waals surface area contributed by atoms with Gasteiger partial charge in [-0.15, -0.1) is 6.42 Å². The summed E-state index contributed by atoms with van der Waals surface area (Å²) in [6.45, 7) is 0. The molecule has 0 fully saturated rings. The number of benzene rings is 1. The lowest BCUT2D eigenvalue weighted by Crippen LogP contribution is -2.41. The third-order valence-corrected chi connectivity index (χ3v) is 3.47. The minimum atomic E-state index is -4.97. The lowest BCUT2D eigenvalue weighted by atomic mass is 10.2. The lowest BCUT2D eigenvalue weighted by Gasteiger charge is -2.15. The zero-order valence-electron chi connectivity index (χ0n) is 12.7. The topological polar surface area (TPSA) is 70.3 Å². The number of hydrogen-bond donors (Lipinski definition) is 0. The SMILES string of the molecule is C#CC(=O)Oc1cc(-n2c(=O)cc(C(F)(F)F)n(C)c2=O)c(F)cc1Cl. The van der Waals surface area contributed by atoms with Crippen LogP contribution < -0.4 is 16.0 Å². The zero-order valence-corrected chi connectivity index (χ0v) is 13.5. The van der Waals surface area contributed by atoms with E-state index in [4.69, 9.17) is 18.0 Å². The third kappa shape index (κ3) is 3.48. The van der Waals surface area contributed by atoms with Crippen molar-refractivity contribution in [3.8, 4) is 23.8 Å². The Kier molecular flexibility index (Phi) is 4.95. The molecule has 0 saturated carbocycles. The number of alkyl halides is 3. The summed E-state index contributed by atoms with van der Waals surface area (Å²) in [5.41, 5.74) is -5.21. The monoisotopic (exact) mass is 390 g/mol. The maximum absolute atomic E-state index is 14.2. The van der Waals surface area contributed by atoms with Crippen molar-refractivity contribution in [2.75, 3.05) is 0 Å². The highest BCUT2D eigenvalue weighted by atomic mass is 35.5. The van der Waals surface area contributed by atoms with Crippen molar-refractivity contribution in [2.45, 2.75) is 6.18 Å². The van der Waals surface area contributed by atoms with E-state index in [1.807, 2.05) is 0 Å². The number of ether oxygens (including phenoxy) is 1. The van der Waals surface area contributed by atoms with Gasteiger partial charge in [-0.1, -0.05) is 11.6 Å². The molecule has 0 saturated heterocycles. The summed E-state index contributed by atoms with van der Waals surface area (Å²) in [7, 11) is 0.758. The first-order valence-corrected chi connectivity index (χ1v) is 6.93. The highest BCUT2D eigenvalue weighted by molar-refractivity contribution is 6.32. The fourth-order valence-corrected chi connectivity index (χ4v) is 2.21. The first-order chi connectivity index (χ1) is 12.0. The number of terminal acetylenes is 1. The van der Waals surface area contributed by atoms with Gasteiger partial charge in [-0.2, -0.15) is 13.2 Å². The van der Waals surface area contributed by atoms with Crippen LogP contribution in [0.15, 0.2) is 27.8 Å². The van der Waals surface area contributed by atoms with Crippen molar-refractivity contribution < 1.29 is 27.1 Å². The van der Waals surface area contributed by atoms with Crippen molar-refractivity contribution in [3.63, 3.8) is 0 Å². The predicted molar refractivity (Wildman–Crippen MR) is 81.7 cm³/mol. The van der Waals surface area contributed by atoms with Crippen LogP contribution in [-0.2, 0) is 18.0 Å². The molecule has 1 aromatic heterocycles. The standard InChI is InChI=1S/C15H7ClF4N2O4/c1-3-13(24)26-10-5-9(8(17)4-7(10)16)22-12(23)6-11(15(18,19)20)21(2)14(22)25/h1,4-6H,2H3. The van der Waals surface area contributed by atoms with Crippen LogP contribution in [0, 0.1) is 18.2 Å². The van der Waals surface area contributed by atoms with Gasteiger partial charge in [0.05, 0.1) is 10.7 Å². The summed E-state index contributed by atoms with van der Waals surface area (Å²) in [6.07, 6.45) is -0.156. The minimum absolute atomic E-state index is 0.128. The summed E-state index contributed by atoms with van der Waals surface area (Å²) < 4.78 is 57.6. The van der Waals surface area contributed by atoms with E-state index in [1.54, 1.807) is 5.92 Å². The smallest absolute Gasteiger partial charge is 0.415 e. The number of nitrogens with zero attached hydrogens (tertiary/aromatic N) is 2. The molecule has 26 heavy (non-hydrogen) atoms. The highest BCUT2D eigenvalue weighted by Gasteiger charge is 2.35. The van der Waals surface area contributed by atoms with Gasteiger partial charge in [0.2, 0.25) is 0 Å². The van der Waals surface area contributed by atoms with Crippen molar-refractivity contribution in [1.29, 1.82) is 0 Å². The molecule has 0 amide bonds. The van der Waals surface area contributed by atoms with Gasteiger partial charge in [0.25, 0.3) is 5.56 Å². The van der Waals surface area contributed by atoms with Crippen molar-refractivity contribution in [1.82, 2.24) is 9.13 Å². The van der Waals surface area contributed by atoms with Gasteiger partial charge in [-0.3, -0.25) is 9.36 Å². The molecule has 136 valence electrons. The van der Waals surface area contributed by atoms with E-state index in [2.05, 4.69) is 4.74 Å². The fourth-order valence-electron chi connectivity index (χ4n) is 2.02. The number of carbonyl (C=O) groups excluding carboxylic acids is 1. The molecule has 0 aliphatic carbocycles. The molecular formula is C15H7ClF4N2O4. The van der Waals surface area contributed by atoms with Crippen LogP contribution in [0.25, 0.3) is 5.69 Å². The predicted octanol–water partition coefficient (Wildman–Crippen LogP) is 1.89. The second kappa shape index (κ2) is 6.68. The van der Waals surface area contributed by atoms with Gasteiger partial charge in [0.15, 0.2) is 5.75 Å². The third-order valence-electron chi connectivity index (χ3n) is 3.17. The quantitative estimate of drug-likeness (QED) is 0.258. The first-order valence-electron chi connectivity index (χ1n) is 6.55. The molecule has 0 spiro atoms. The van der Waals surface area contributed by atoms with Crippen LogP contribution in [0.5, 0.6) is 5.75 Å². The summed E-state index contributed by atoms with van der Waals surface area (Å²) in [4.78, 5) is 35.3. The summed E-state index contributed by atoms with van der Waals surface area (Å²) in [6, 6.07) is 1.44. The maximum Gasteiger partial charge on any atom is 0.431 e. The van der Waals surface area contributed by atoms with E-state index in [1.165, 1.54) is 0 Å². The maximum atomic E-state index is 14.2. The first kappa shape index (κ1) is 19.3. The zero-order chi connectivity index (χ0) is 19.8. The number of halogens is 5. The molecule has 6 nitrogen and oxygen atoms in total. The molecular weight excluding hydrogens is 384 g/mol. The Morgan fingerprint density at radius 2 is 1.88 bits per heavy atom. The average Bonchev–Trinajstić information content (AvgIpc) is 2.53. The second-order valence-corrected chi connectivity index (χ2v) is 5.22. The number of esters is 1. The van der Waals surface area contributed by atoms with Gasteiger partial charge in [0.1, 0.15) is 11.5 Å². The van der Waals surface area contributed by atoms with Crippen LogP contribution in [0.3, 0.4) is 0 Å². The van der Waals surface area contributed by atoms with Gasteiger partial charge < -0.3 is 4.74 Å². The van der Waals surface area contributed by atoms with Crippen LogP contribution in [0.4, 0.5) is 17.6 Å². The molecule has 0 atom stereocenters. The van der Waals surface area contributed by atoms with E-state index in [0.29, 0.717) is 12.1 Å². The molecule has 1 aromatic carbocycles. The van der Waals surface area contributed by atoms with E-state index in [0.717, 1.165) is 7.05 Å². The molecule has 0 radical (unpaired) electrons. The van der Waals surface area contributed by atoms with Crippen LogP contribution in [0.2, 0.25) is 5.02 Å². The Balaban J connectivity index is 2.78. The molecule has 0 aliphatic rings. The van der Waals surface area contributed by atoms with Crippen LogP contribution in [0.1, 0.15) is 5.69 Å². The summed E-state index contributed by atoms with van der Waals surface area (Å²) in [5, 5.41) is -0.411. The van der Waals surface area contributed by atoms with Crippen molar-refractivity contribution in [2.24, 2.45) is 7.05 Å². The Morgan fingerprint density at radius 1 is 1.27 bits per heavy atom. The highest BCUT2D eigenvalue weighted by Crippen LogP contribution is 2.30. The van der Waals surface area contributed by atoms with Gasteiger partial charge in [-0.05, 0) is 6.07 Å². The largest absolute Gasteiger partial charge is 0.431 e. The van der Waals surface area contributed by atoms with E-state index >= 15 is 0 Å². The number of carbonyl (C=O) groups is 1.